The predicted octanol–water partition coefficient (Wildman–Crippen LogP) is 4.38. The molecule has 28 heavy (non-hydrogen) atoms. The van der Waals surface area contributed by atoms with Gasteiger partial charge in [0.1, 0.15) is 0 Å². The van der Waals surface area contributed by atoms with Gasteiger partial charge in [-0.3, -0.25) is 14.4 Å². The van der Waals surface area contributed by atoms with Crippen LogP contribution in [0.5, 0.6) is 0 Å². The third-order valence-corrected chi connectivity index (χ3v) is 6.04. The van der Waals surface area contributed by atoms with Crippen LogP contribution in [-0.2, 0) is 9.59 Å². The van der Waals surface area contributed by atoms with E-state index in [-0.39, 0.29) is 28.2 Å². The quantitative estimate of drug-likeness (QED) is 0.777. The van der Waals surface area contributed by atoms with Crippen molar-refractivity contribution in [3.05, 3.63) is 58.4 Å². The van der Waals surface area contributed by atoms with Crippen LogP contribution in [0.3, 0.4) is 0 Å². The van der Waals surface area contributed by atoms with Gasteiger partial charge in [0, 0.05) is 40.9 Å². The summed E-state index contributed by atoms with van der Waals surface area (Å²) in [6.07, 6.45) is 2.21. The van der Waals surface area contributed by atoms with Gasteiger partial charge >= 0.3 is 0 Å². The molecular weight excluding hydrogens is 350 g/mol. The van der Waals surface area contributed by atoms with Gasteiger partial charge in [0.15, 0.2) is 17.3 Å². The maximum atomic E-state index is 13.5. The summed E-state index contributed by atoms with van der Waals surface area (Å²) in [6, 6.07) is 9.02. The fraction of sp³-hybridized carbons (Fsp3) is 0.458. The Hall–Kier alpha value is -2.49. The maximum Gasteiger partial charge on any atom is 0.175 e. The fourth-order valence-corrected chi connectivity index (χ4v) is 4.92. The molecular formula is C24H27NO3. The fourth-order valence-electron chi connectivity index (χ4n) is 4.92. The number of benzene rings is 1. The number of nitrogens with one attached hydrogen (secondary N) is 1. The van der Waals surface area contributed by atoms with Crippen LogP contribution >= 0.6 is 0 Å². The summed E-state index contributed by atoms with van der Waals surface area (Å²) < 4.78 is 0. The van der Waals surface area contributed by atoms with Gasteiger partial charge in [-0.1, -0.05) is 58.0 Å². The average Bonchev–Trinajstić information content (AvgIpc) is 2.57. The minimum Gasteiger partial charge on any atom is -0.362 e. The number of carbonyl (C=O) groups excluding carboxylic acids is 3. The first-order valence-electron chi connectivity index (χ1n) is 9.97. The van der Waals surface area contributed by atoms with Crippen molar-refractivity contribution in [1.29, 1.82) is 0 Å². The molecule has 1 aromatic rings. The summed E-state index contributed by atoms with van der Waals surface area (Å²) in [5.41, 5.74) is 2.92. The van der Waals surface area contributed by atoms with Gasteiger partial charge in [-0.25, -0.2) is 0 Å². The van der Waals surface area contributed by atoms with Crippen molar-refractivity contribution in [2.24, 2.45) is 16.7 Å². The lowest BCUT2D eigenvalue weighted by Crippen LogP contribution is -2.45. The Kier molecular flexibility index (Phi) is 4.22. The van der Waals surface area contributed by atoms with Crippen LogP contribution in [-0.4, -0.2) is 17.3 Å². The standard InChI is InChI=1S/C24H27NO3/c1-23(2)10-15-19(17(26)12-23)21(22(28)14-8-6-5-7-9-14)20-16(25-15)11-24(3,4)13-18(20)27/h5-9,21,25H,10-13H2,1-4H3. The van der Waals surface area contributed by atoms with Crippen molar-refractivity contribution < 1.29 is 14.4 Å². The van der Waals surface area contributed by atoms with Crippen LogP contribution in [0.2, 0.25) is 0 Å². The molecule has 146 valence electrons. The van der Waals surface area contributed by atoms with Gasteiger partial charge in [0.05, 0.1) is 5.92 Å². The van der Waals surface area contributed by atoms with Crippen LogP contribution in [0.4, 0.5) is 0 Å². The van der Waals surface area contributed by atoms with Crippen molar-refractivity contribution in [1.82, 2.24) is 5.32 Å². The Morgan fingerprint density at radius 2 is 1.29 bits per heavy atom. The van der Waals surface area contributed by atoms with Gasteiger partial charge in [0.2, 0.25) is 0 Å². The number of hydrogen-bond donors (Lipinski definition) is 1. The first-order valence-corrected chi connectivity index (χ1v) is 9.97. The van der Waals surface area contributed by atoms with Crippen LogP contribution in [0.15, 0.2) is 52.9 Å². The zero-order valence-electron chi connectivity index (χ0n) is 17.0. The molecule has 2 aliphatic carbocycles. The largest absolute Gasteiger partial charge is 0.362 e. The molecule has 0 aromatic heterocycles. The molecule has 1 N–H and O–H groups in total. The smallest absolute Gasteiger partial charge is 0.175 e. The highest BCUT2D eigenvalue weighted by molar-refractivity contribution is 6.16. The Bertz CT molecular complexity index is 895. The highest BCUT2D eigenvalue weighted by Gasteiger charge is 2.48. The molecule has 0 amide bonds. The second-order valence-electron chi connectivity index (χ2n) is 9.95. The molecule has 0 fully saturated rings. The van der Waals surface area contributed by atoms with Crippen LogP contribution in [0, 0.1) is 16.7 Å². The Balaban J connectivity index is 1.88. The topological polar surface area (TPSA) is 63.2 Å². The van der Waals surface area contributed by atoms with Gasteiger partial charge in [-0.05, 0) is 23.7 Å². The SMILES string of the molecule is CC1(C)CC(=O)C2=C(C1)NC1=C(C(=O)CC(C)(C)C1)C2C(=O)c1ccccc1. The van der Waals surface area contributed by atoms with E-state index in [1.165, 1.54) is 0 Å². The molecule has 0 atom stereocenters. The lowest BCUT2D eigenvalue weighted by Gasteiger charge is -2.43. The van der Waals surface area contributed by atoms with Gasteiger partial charge in [-0.2, -0.15) is 0 Å². The van der Waals surface area contributed by atoms with Gasteiger partial charge < -0.3 is 5.32 Å². The molecule has 0 saturated heterocycles. The predicted molar refractivity (Wildman–Crippen MR) is 107 cm³/mol. The zero-order chi connectivity index (χ0) is 20.3. The van der Waals surface area contributed by atoms with E-state index in [9.17, 15) is 14.4 Å². The molecule has 0 spiro atoms. The van der Waals surface area contributed by atoms with Crippen molar-refractivity contribution in [3.63, 3.8) is 0 Å². The highest BCUT2D eigenvalue weighted by Crippen LogP contribution is 2.48. The molecule has 1 aliphatic heterocycles. The Morgan fingerprint density at radius 3 is 1.75 bits per heavy atom. The molecule has 4 rings (SSSR count). The second kappa shape index (κ2) is 6.26. The molecule has 0 unspecified atom stereocenters. The molecule has 0 saturated carbocycles. The van der Waals surface area contributed by atoms with Crippen LogP contribution in [0.1, 0.15) is 63.7 Å². The second-order valence-corrected chi connectivity index (χ2v) is 9.95. The minimum atomic E-state index is -0.777. The van der Waals surface area contributed by atoms with Crippen molar-refractivity contribution in [2.45, 2.75) is 53.4 Å². The van der Waals surface area contributed by atoms with E-state index in [1.807, 2.05) is 18.2 Å². The van der Waals surface area contributed by atoms with Crippen molar-refractivity contribution in [3.8, 4) is 0 Å². The first-order chi connectivity index (χ1) is 13.1. The van der Waals surface area contributed by atoms with Crippen LogP contribution in [0.25, 0.3) is 0 Å². The van der Waals surface area contributed by atoms with E-state index in [2.05, 4.69) is 33.0 Å². The lowest BCUT2D eigenvalue weighted by molar-refractivity contribution is -0.119. The number of allylic oxidation sites excluding steroid dienone is 4. The van der Waals surface area contributed by atoms with Crippen molar-refractivity contribution in [2.75, 3.05) is 0 Å². The summed E-state index contributed by atoms with van der Waals surface area (Å²) in [5, 5.41) is 3.43. The van der Waals surface area contributed by atoms with E-state index in [1.54, 1.807) is 12.1 Å². The van der Waals surface area contributed by atoms with Crippen molar-refractivity contribution >= 4 is 17.3 Å². The van der Waals surface area contributed by atoms with E-state index in [0.717, 1.165) is 11.4 Å². The molecule has 1 aromatic carbocycles. The summed E-state index contributed by atoms with van der Waals surface area (Å²) in [5.74, 6) is -0.960. The monoisotopic (exact) mass is 377 g/mol. The number of hydrogen-bond acceptors (Lipinski definition) is 4. The minimum absolute atomic E-state index is 0.0165. The first kappa shape index (κ1) is 18.9. The lowest BCUT2D eigenvalue weighted by atomic mass is 9.64. The third-order valence-electron chi connectivity index (χ3n) is 6.04. The summed E-state index contributed by atoms with van der Waals surface area (Å²) in [7, 11) is 0. The summed E-state index contributed by atoms with van der Waals surface area (Å²) in [4.78, 5) is 39.8. The zero-order valence-corrected chi connectivity index (χ0v) is 17.0. The maximum absolute atomic E-state index is 13.5. The molecule has 4 heteroatoms. The van der Waals surface area contributed by atoms with E-state index in [0.29, 0.717) is 42.4 Å². The van der Waals surface area contributed by atoms with Gasteiger partial charge in [0.25, 0.3) is 0 Å². The number of rotatable bonds is 2. The van der Waals surface area contributed by atoms with Gasteiger partial charge in [-0.15, -0.1) is 0 Å². The number of Topliss-reactive ketones (excluding diaryl/α,β-unsaturated/α-hetero) is 3. The molecule has 0 bridgehead atoms. The molecule has 0 radical (unpaired) electrons. The van der Waals surface area contributed by atoms with E-state index < -0.39 is 5.92 Å². The number of carbonyl (C=O) groups is 3. The Morgan fingerprint density at radius 1 is 0.821 bits per heavy atom. The molecule has 3 aliphatic rings. The summed E-state index contributed by atoms with van der Waals surface area (Å²) in [6.45, 7) is 8.29. The molecule has 4 nitrogen and oxygen atoms in total. The average molecular weight is 377 g/mol. The van der Waals surface area contributed by atoms with Crippen LogP contribution < -0.4 is 5.32 Å². The number of ketones is 3. The number of dihydropyridines is 1. The van der Waals surface area contributed by atoms with E-state index in [4.69, 9.17) is 0 Å². The summed E-state index contributed by atoms with van der Waals surface area (Å²) >= 11 is 0. The third kappa shape index (κ3) is 3.15. The highest BCUT2D eigenvalue weighted by atomic mass is 16.1. The molecule has 1 heterocycles. The van der Waals surface area contributed by atoms with E-state index >= 15 is 0 Å². The normalized spacial score (nSPS) is 23.9. The Labute approximate surface area is 166 Å².